The van der Waals surface area contributed by atoms with Gasteiger partial charge >= 0.3 is 0 Å². The molecule has 0 radical (unpaired) electrons. The van der Waals surface area contributed by atoms with E-state index >= 15 is 0 Å². The van der Waals surface area contributed by atoms with E-state index in [1.54, 1.807) is 4.90 Å². The molecule has 3 rings (SSSR count). The Morgan fingerprint density at radius 3 is 2.42 bits per heavy atom. The molecule has 1 saturated heterocycles. The number of carbonyl (C=O) groups is 2. The molecule has 2 fully saturated rings. The molecule has 1 aliphatic heterocycles. The van der Waals surface area contributed by atoms with Crippen LogP contribution in [0.5, 0.6) is 0 Å². The monoisotopic (exact) mass is 330 g/mol. The highest BCUT2D eigenvalue weighted by Gasteiger charge is 2.19. The molecule has 1 saturated carbocycles. The van der Waals surface area contributed by atoms with E-state index in [1.165, 1.54) is 24.8 Å². The molecule has 130 valence electrons. The number of nitrogens with zero attached hydrogens (tertiary/aromatic N) is 1. The zero-order chi connectivity index (χ0) is 16.8. The predicted octanol–water partition coefficient (Wildman–Crippen LogP) is 2.21. The van der Waals surface area contributed by atoms with Crippen LogP contribution in [0.1, 0.15) is 49.1 Å². The van der Waals surface area contributed by atoms with Crippen molar-refractivity contribution in [2.45, 2.75) is 44.6 Å². The first-order chi connectivity index (χ1) is 11.7. The average Bonchev–Trinajstić information content (AvgIpc) is 2.58. The second-order valence-corrected chi connectivity index (χ2v) is 6.64. The van der Waals surface area contributed by atoms with E-state index in [-0.39, 0.29) is 24.7 Å². The maximum atomic E-state index is 12.0. The Kier molecular flexibility index (Phi) is 5.86. The molecule has 24 heavy (non-hydrogen) atoms. The molecule has 1 heterocycles. The Labute approximate surface area is 143 Å². The van der Waals surface area contributed by atoms with E-state index < -0.39 is 0 Å². The highest BCUT2D eigenvalue weighted by molar-refractivity contribution is 5.83. The van der Waals surface area contributed by atoms with Crippen molar-refractivity contribution >= 4 is 11.8 Å². The zero-order valence-corrected chi connectivity index (χ0v) is 14.1. The van der Waals surface area contributed by atoms with Gasteiger partial charge in [-0.1, -0.05) is 30.7 Å². The third-order valence-corrected chi connectivity index (χ3v) is 4.98. The fourth-order valence-electron chi connectivity index (χ4n) is 3.13. The smallest absolute Gasteiger partial charge is 0.223 e. The van der Waals surface area contributed by atoms with Crippen LogP contribution in [0.15, 0.2) is 24.3 Å². The maximum absolute atomic E-state index is 12.0. The molecule has 2 amide bonds. The van der Waals surface area contributed by atoms with Crippen LogP contribution in [0.2, 0.25) is 0 Å². The average molecular weight is 330 g/mol. The second kappa shape index (κ2) is 8.29. The van der Waals surface area contributed by atoms with Crippen molar-refractivity contribution in [1.82, 2.24) is 10.2 Å². The van der Waals surface area contributed by atoms with Gasteiger partial charge in [0.05, 0.1) is 13.2 Å². The number of rotatable bonds is 6. The lowest BCUT2D eigenvalue weighted by atomic mass is 9.80. The van der Waals surface area contributed by atoms with Crippen LogP contribution in [0, 0.1) is 0 Å². The molecule has 1 N–H and O–H groups in total. The van der Waals surface area contributed by atoms with Crippen molar-refractivity contribution in [3.8, 4) is 0 Å². The number of ether oxygens (including phenoxy) is 1. The van der Waals surface area contributed by atoms with Crippen LogP contribution in [0.25, 0.3) is 0 Å². The fourth-order valence-corrected chi connectivity index (χ4v) is 3.13. The Morgan fingerprint density at radius 1 is 1.08 bits per heavy atom. The summed E-state index contributed by atoms with van der Waals surface area (Å²) in [4.78, 5) is 25.7. The molecule has 1 aromatic carbocycles. The highest BCUT2D eigenvalue weighted by atomic mass is 16.5. The lowest BCUT2D eigenvalue weighted by molar-refractivity contribution is -0.137. The highest BCUT2D eigenvalue weighted by Crippen LogP contribution is 2.36. The number of amides is 2. The topological polar surface area (TPSA) is 58.6 Å². The van der Waals surface area contributed by atoms with E-state index in [9.17, 15) is 9.59 Å². The van der Waals surface area contributed by atoms with E-state index in [1.807, 2.05) is 0 Å². The molecule has 0 atom stereocenters. The molecule has 5 nitrogen and oxygen atoms in total. The molecule has 2 aliphatic rings. The standard InChI is InChI=1S/C19H26N2O3/c22-18(8-9-19(23)21-10-12-24-13-11-21)20-14-15-4-6-17(7-5-15)16-2-1-3-16/h4-7,16H,1-3,8-14H2,(H,20,22). The summed E-state index contributed by atoms with van der Waals surface area (Å²) >= 11 is 0. The minimum absolute atomic E-state index is 0.0401. The normalized spacial score (nSPS) is 18.1. The molecule has 0 unspecified atom stereocenters. The van der Waals surface area contributed by atoms with Crippen molar-refractivity contribution in [1.29, 1.82) is 0 Å². The van der Waals surface area contributed by atoms with E-state index in [4.69, 9.17) is 4.74 Å². The Hall–Kier alpha value is -1.88. The van der Waals surface area contributed by atoms with Gasteiger partial charge in [0.2, 0.25) is 11.8 Å². The third kappa shape index (κ3) is 4.57. The summed E-state index contributed by atoms with van der Waals surface area (Å²) < 4.78 is 5.22. The van der Waals surface area contributed by atoms with Crippen LogP contribution in [0.4, 0.5) is 0 Å². The summed E-state index contributed by atoms with van der Waals surface area (Å²) in [5.41, 5.74) is 2.51. The fraction of sp³-hybridized carbons (Fsp3) is 0.579. The third-order valence-electron chi connectivity index (χ3n) is 4.98. The number of carbonyl (C=O) groups excluding carboxylic acids is 2. The first kappa shape index (κ1) is 17.0. The minimum Gasteiger partial charge on any atom is -0.378 e. The predicted molar refractivity (Wildman–Crippen MR) is 91.5 cm³/mol. The Balaban J connectivity index is 1.36. The maximum Gasteiger partial charge on any atom is 0.223 e. The van der Waals surface area contributed by atoms with Crippen LogP contribution in [-0.4, -0.2) is 43.0 Å². The number of hydrogen-bond acceptors (Lipinski definition) is 3. The first-order valence-electron chi connectivity index (χ1n) is 8.93. The summed E-state index contributed by atoms with van der Waals surface area (Å²) in [5, 5.41) is 2.90. The summed E-state index contributed by atoms with van der Waals surface area (Å²) in [5.74, 6) is 0.706. The number of hydrogen-bond donors (Lipinski definition) is 1. The van der Waals surface area contributed by atoms with Crippen LogP contribution in [0.3, 0.4) is 0 Å². The summed E-state index contributed by atoms with van der Waals surface area (Å²) in [6.07, 6.45) is 4.45. The van der Waals surface area contributed by atoms with Gasteiger partial charge in [0.25, 0.3) is 0 Å². The summed E-state index contributed by atoms with van der Waals surface area (Å²) in [6.45, 7) is 2.97. The van der Waals surface area contributed by atoms with Gasteiger partial charge in [-0.3, -0.25) is 9.59 Å². The lowest BCUT2D eigenvalue weighted by Gasteiger charge is -2.26. The molecule has 1 aromatic rings. The minimum atomic E-state index is -0.0697. The van der Waals surface area contributed by atoms with Gasteiger partial charge in [-0.15, -0.1) is 0 Å². The van der Waals surface area contributed by atoms with E-state index in [0.717, 1.165) is 11.5 Å². The van der Waals surface area contributed by atoms with Gasteiger partial charge in [-0.05, 0) is 29.9 Å². The van der Waals surface area contributed by atoms with Gasteiger partial charge in [0.15, 0.2) is 0 Å². The second-order valence-electron chi connectivity index (χ2n) is 6.64. The largest absolute Gasteiger partial charge is 0.378 e. The van der Waals surface area contributed by atoms with Gasteiger partial charge in [-0.25, -0.2) is 0 Å². The lowest BCUT2D eigenvalue weighted by Crippen LogP contribution is -2.41. The van der Waals surface area contributed by atoms with Crippen molar-refractivity contribution in [3.05, 3.63) is 35.4 Å². The SMILES string of the molecule is O=C(CCC(=O)N1CCOCC1)NCc1ccc(C2CCC2)cc1. The zero-order valence-electron chi connectivity index (χ0n) is 14.1. The van der Waals surface area contributed by atoms with Crippen molar-refractivity contribution in [2.75, 3.05) is 26.3 Å². The van der Waals surface area contributed by atoms with Crippen molar-refractivity contribution in [2.24, 2.45) is 0 Å². The molecule has 0 spiro atoms. The number of nitrogens with one attached hydrogen (secondary N) is 1. The number of benzene rings is 1. The molecule has 0 bridgehead atoms. The van der Waals surface area contributed by atoms with Gasteiger partial charge in [0.1, 0.15) is 0 Å². The van der Waals surface area contributed by atoms with Crippen LogP contribution >= 0.6 is 0 Å². The van der Waals surface area contributed by atoms with Gasteiger partial charge in [-0.2, -0.15) is 0 Å². The molecular weight excluding hydrogens is 304 g/mol. The Bertz CT molecular complexity index is 560. The molecule has 5 heteroatoms. The van der Waals surface area contributed by atoms with Crippen LogP contribution < -0.4 is 5.32 Å². The molecule has 1 aliphatic carbocycles. The van der Waals surface area contributed by atoms with Crippen molar-refractivity contribution < 1.29 is 14.3 Å². The first-order valence-corrected chi connectivity index (χ1v) is 8.93. The summed E-state index contributed by atoms with van der Waals surface area (Å²) in [7, 11) is 0. The number of morpholine rings is 1. The Morgan fingerprint density at radius 2 is 1.79 bits per heavy atom. The van der Waals surface area contributed by atoms with Gasteiger partial charge in [0, 0.05) is 32.5 Å². The van der Waals surface area contributed by atoms with E-state index in [0.29, 0.717) is 32.8 Å². The van der Waals surface area contributed by atoms with Gasteiger partial charge < -0.3 is 15.0 Å². The molecule has 0 aromatic heterocycles. The van der Waals surface area contributed by atoms with E-state index in [2.05, 4.69) is 29.6 Å². The summed E-state index contributed by atoms with van der Waals surface area (Å²) in [6, 6.07) is 8.53. The quantitative estimate of drug-likeness (QED) is 0.870. The molecular formula is C19H26N2O3. The van der Waals surface area contributed by atoms with Crippen LogP contribution in [-0.2, 0) is 20.9 Å². The van der Waals surface area contributed by atoms with Crippen molar-refractivity contribution in [3.63, 3.8) is 0 Å².